The first kappa shape index (κ1) is 21.3. The van der Waals surface area contributed by atoms with E-state index in [0.717, 1.165) is 62.8 Å². The van der Waals surface area contributed by atoms with Crippen molar-refractivity contribution < 1.29 is 14.3 Å². The third-order valence-corrected chi connectivity index (χ3v) is 5.81. The number of carbonyl (C=O) groups excluding carboxylic acids is 2. The minimum Gasteiger partial charge on any atom is -0.378 e. The number of nitrogens with zero attached hydrogens (tertiary/aromatic N) is 2. The molecule has 1 unspecified atom stereocenters. The molecule has 4 rings (SSSR count). The van der Waals surface area contributed by atoms with Crippen LogP contribution in [0.1, 0.15) is 12.8 Å². The third kappa shape index (κ3) is 6.06. The average Bonchev–Trinajstić information content (AvgIpc) is 2.81. The smallest absolute Gasteiger partial charge is 0.238 e. The van der Waals surface area contributed by atoms with Gasteiger partial charge in [-0.2, -0.15) is 0 Å². The third-order valence-electron chi connectivity index (χ3n) is 5.81. The Balaban J connectivity index is 1.25. The normalized spacial score (nSPS) is 19.6. The van der Waals surface area contributed by atoms with Crippen LogP contribution in [0.2, 0.25) is 0 Å². The summed E-state index contributed by atoms with van der Waals surface area (Å²) in [5.41, 5.74) is 2.74. The topological polar surface area (TPSA) is 73.9 Å². The fourth-order valence-electron chi connectivity index (χ4n) is 4.16. The highest BCUT2D eigenvalue weighted by molar-refractivity contribution is 5.93. The van der Waals surface area contributed by atoms with Crippen LogP contribution in [-0.2, 0) is 14.3 Å². The minimum atomic E-state index is -0.102. The molecular weight excluding hydrogens is 392 g/mol. The second-order valence-corrected chi connectivity index (χ2v) is 8.12. The lowest BCUT2D eigenvalue weighted by Gasteiger charge is -2.31. The number of hydrogen-bond donors (Lipinski definition) is 2. The Labute approximate surface area is 183 Å². The summed E-state index contributed by atoms with van der Waals surface area (Å²) in [6, 6.07) is 17.4. The van der Waals surface area contributed by atoms with E-state index in [1.165, 1.54) is 0 Å². The summed E-state index contributed by atoms with van der Waals surface area (Å²) < 4.78 is 5.39. The first-order valence-corrected chi connectivity index (χ1v) is 11.0. The van der Waals surface area contributed by atoms with E-state index in [0.29, 0.717) is 13.1 Å². The Bertz CT molecular complexity index is 866. The molecule has 2 saturated heterocycles. The van der Waals surface area contributed by atoms with Crippen LogP contribution in [0.5, 0.6) is 0 Å². The van der Waals surface area contributed by atoms with Gasteiger partial charge in [-0.05, 0) is 55.8 Å². The monoisotopic (exact) mass is 422 g/mol. The largest absolute Gasteiger partial charge is 0.378 e. The van der Waals surface area contributed by atoms with Gasteiger partial charge in [0.2, 0.25) is 11.8 Å². The van der Waals surface area contributed by atoms with E-state index in [4.69, 9.17) is 4.74 Å². The van der Waals surface area contributed by atoms with Crippen molar-refractivity contribution in [1.82, 2.24) is 4.90 Å². The molecule has 2 aliphatic heterocycles. The van der Waals surface area contributed by atoms with Crippen LogP contribution in [0.15, 0.2) is 54.6 Å². The lowest BCUT2D eigenvalue weighted by atomic mass is 9.97. The Morgan fingerprint density at radius 2 is 1.61 bits per heavy atom. The number of amides is 2. The number of anilines is 3. The van der Waals surface area contributed by atoms with Crippen molar-refractivity contribution in [2.45, 2.75) is 12.8 Å². The molecule has 2 heterocycles. The highest BCUT2D eigenvalue weighted by Gasteiger charge is 2.27. The molecule has 0 aliphatic carbocycles. The molecule has 0 aromatic heterocycles. The van der Waals surface area contributed by atoms with Gasteiger partial charge in [0, 0.05) is 36.7 Å². The molecule has 2 aromatic carbocycles. The number of ether oxygens (including phenoxy) is 1. The Morgan fingerprint density at radius 3 is 2.35 bits per heavy atom. The van der Waals surface area contributed by atoms with Crippen molar-refractivity contribution in [1.29, 1.82) is 0 Å². The van der Waals surface area contributed by atoms with Crippen LogP contribution in [0.25, 0.3) is 0 Å². The van der Waals surface area contributed by atoms with Crippen molar-refractivity contribution in [2.24, 2.45) is 5.92 Å². The van der Waals surface area contributed by atoms with Gasteiger partial charge in [0.15, 0.2) is 0 Å². The van der Waals surface area contributed by atoms with E-state index in [1.54, 1.807) is 0 Å². The molecule has 0 bridgehead atoms. The molecule has 2 amide bonds. The van der Waals surface area contributed by atoms with E-state index in [2.05, 4.69) is 20.4 Å². The summed E-state index contributed by atoms with van der Waals surface area (Å²) in [4.78, 5) is 29.5. The van der Waals surface area contributed by atoms with Gasteiger partial charge in [-0.1, -0.05) is 18.2 Å². The predicted molar refractivity (Wildman–Crippen MR) is 122 cm³/mol. The van der Waals surface area contributed by atoms with Crippen LogP contribution in [-0.4, -0.2) is 62.7 Å². The number of likely N-dealkylation sites (tertiary alicyclic amines) is 1. The van der Waals surface area contributed by atoms with Crippen LogP contribution < -0.4 is 15.5 Å². The van der Waals surface area contributed by atoms with E-state index in [9.17, 15) is 9.59 Å². The number of carbonyl (C=O) groups is 2. The van der Waals surface area contributed by atoms with Crippen molar-refractivity contribution in [2.75, 3.05) is 61.5 Å². The number of rotatable bonds is 6. The SMILES string of the molecule is O=C(CN1CCCC(C(=O)Nc2ccccc2)C1)Nc1ccc(N2CCOCC2)cc1. The maximum absolute atomic E-state index is 12.6. The van der Waals surface area contributed by atoms with Gasteiger partial charge in [-0.25, -0.2) is 0 Å². The zero-order valence-corrected chi connectivity index (χ0v) is 17.8. The number of benzene rings is 2. The molecule has 0 saturated carbocycles. The van der Waals surface area contributed by atoms with E-state index >= 15 is 0 Å². The summed E-state index contributed by atoms with van der Waals surface area (Å²) in [6.07, 6.45) is 1.76. The minimum absolute atomic E-state index is 0.0232. The van der Waals surface area contributed by atoms with Gasteiger partial charge < -0.3 is 20.3 Å². The molecule has 31 heavy (non-hydrogen) atoms. The fraction of sp³-hybridized carbons (Fsp3) is 0.417. The molecule has 7 heteroatoms. The zero-order chi connectivity index (χ0) is 21.5. The first-order valence-electron chi connectivity index (χ1n) is 11.0. The second-order valence-electron chi connectivity index (χ2n) is 8.12. The predicted octanol–water partition coefficient (Wildman–Crippen LogP) is 2.81. The highest BCUT2D eigenvalue weighted by atomic mass is 16.5. The molecule has 1 atom stereocenters. The molecule has 0 spiro atoms. The van der Waals surface area contributed by atoms with Gasteiger partial charge in [-0.3, -0.25) is 14.5 Å². The van der Waals surface area contributed by atoms with Gasteiger partial charge in [-0.15, -0.1) is 0 Å². The molecule has 0 radical (unpaired) electrons. The lowest BCUT2D eigenvalue weighted by Crippen LogP contribution is -2.44. The van der Waals surface area contributed by atoms with Gasteiger partial charge in [0.25, 0.3) is 0 Å². The summed E-state index contributed by atoms with van der Waals surface area (Å²) in [7, 11) is 0. The van der Waals surface area contributed by atoms with E-state index in [-0.39, 0.29) is 17.7 Å². The summed E-state index contributed by atoms with van der Waals surface area (Å²) in [5.74, 6) is -0.132. The first-order chi connectivity index (χ1) is 15.2. The van der Waals surface area contributed by atoms with Crippen molar-refractivity contribution in [3.63, 3.8) is 0 Å². The Morgan fingerprint density at radius 1 is 0.903 bits per heavy atom. The quantitative estimate of drug-likeness (QED) is 0.749. The number of para-hydroxylation sites is 1. The van der Waals surface area contributed by atoms with Crippen molar-refractivity contribution in [3.8, 4) is 0 Å². The maximum Gasteiger partial charge on any atom is 0.238 e. The number of morpholine rings is 1. The Kier molecular flexibility index (Phi) is 7.17. The van der Waals surface area contributed by atoms with Gasteiger partial charge in [0.1, 0.15) is 0 Å². The van der Waals surface area contributed by atoms with E-state index in [1.807, 2.05) is 54.6 Å². The Hall–Kier alpha value is -2.90. The number of nitrogens with one attached hydrogen (secondary N) is 2. The van der Waals surface area contributed by atoms with Crippen LogP contribution >= 0.6 is 0 Å². The zero-order valence-electron chi connectivity index (χ0n) is 17.8. The standard InChI is InChI=1S/C24H30N4O3/c29-23(25-21-8-10-22(11-9-21)28-13-15-31-16-14-28)18-27-12-4-5-19(17-27)24(30)26-20-6-2-1-3-7-20/h1-3,6-11,19H,4-5,12-18H2,(H,25,29)(H,26,30). The molecule has 2 aliphatic rings. The number of hydrogen-bond acceptors (Lipinski definition) is 5. The van der Waals surface area contributed by atoms with E-state index < -0.39 is 0 Å². The fourth-order valence-corrected chi connectivity index (χ4v) is 4.16. The molecule has 164 valence electrons. The maximum atomic E-state index is 12.6. The molecule has 2 fully saturated rings. The van der Waals surface area contributed by atoms with Crippen LogP contribution in [0, 0.1) is 5.92 Å². The molecule has 7 nitrogen and oxygen atoms in total. The van der Waals surface area contributed by atoms with Crippen LogP contribution in [0.4, 0.5) is 17.1 Å². The lowest BCUT2D eigenvalue weighted by molar-refractivity contribution is -0.123. The number of piperidine rings is 1. The summed E-state index contributed by atoms with van der Waals surface area (Å²) in [5, 5.41) is 5.96. The summed E-state index contributed by atoms with van der Waals surface area (Å²) in [6.45, 7) is 5.00. The van der Waals surface area contributed by atoms with Gasteiger partial charge in [0.05, 0.1) is 25.7 Å². The summed E-state index contributed by atoms with van der Waals surface area (Å²) >= 11 is 0. The molecular formula is C24H30N4O3. The van der Waals surface area contributed by atoms with Crippen molar-refractivity contribution in [3.05, 3.63) is 54.6 Å². The average molecular weight is 423 g/mol. The molecule has 2 aromatic rings. The second kappa shape index (κ2) is 10.4. The molecule has 2 N–H and O–H groups in total. The van der Waals surface area contributed by atoms with Gasteiger partial charge >= 0.3 is 0 Å². The van der Waals surface area contributed by atoms with Crippen molar-refractivity contribution >= 4 is 28.9 Å². The van der Waals surface area contributed by atoms with Crippen LogP contribution in [0.3, 0.4) is 0 Å². The highest BCUT2D eigenvalue weighted by Crippen LogP contribution is 2.21.